The molecule has 0 bridgehead atoms. The van der Waals surface area contributed by atoms with Gasteiger partial charge in [-0.15, -0.1) is 0 Å². The summed E-state index contributed by atoms with van der Waals surface area (Å²) in [6.45, 7) is 2.47. The number of rotatable bonds is 7. The summed E-state index contributed by atoms with van der Waals surface area (Å²) < 4.78 is 14.4. The number of aryl methyl sites for hydroxylation is 1. The predicted molar refractivity (Wildman–Crippen MR) is 112 cm³/mol. The maximum Gasteiger partial charge on any atom is 0.346 e. The fourth-order valence-corrected chi connectivity index (χ4v) is 4.05. The van der Waals surface area contributed by atoms with Crippen LogP contribution in [0.1, 0.15) is 49.9 Å². The predicted octanol–water partition coefficient (Wildman–Crippen LogP) is 2.50. The molecule has 1 N–H and O–H groups in total. The molecule has 1 aromatic carbocycles. The van der Waals surface area contributed by atoms with E-state index in [1.807, 2.05) is 24.3 Å². The molecular weight excluding hydrogens is 384 g/mol. The van der Waals surface area contributed by atoms with Crippen molar-refractivity contribution in [2.45, 2.75) is 70.7 Å². The van der Waals surface area contributed by atoms with Crippen LogP contribution in [0.4, 0.5) is 5.69 Å². The first-order valence-electron chi connectivity index (χ1n) is 10.9. The Hall–Kier alpha value is -2.45. The summed E-state index contributed by atoms with van der Waals surface area (Å²) in [5.41, 5.74) is 1.47. The smallest absolute Gasteiger partial charge is 0.346 e. The van der Waals surface area contributed by atoms with Gasteiger partial charge < -0.3 is 14.8 Å². The highest BCUT2D eigenvalue weighted by molar-refractivity contribution is 5.90. The number of benzene rings is 1. The molecule has 0 radical (unpaired) electrons. The molecule has 1 aromatic heterocycles. The largest absolute Gasteiger partial charge is 0.376 e. The third-order valence-electron chi connectivity index (χ3n) is 5.63. The quantitative estimate of drug-likeness (QED) is 0.752. The molecule has 4 rings (SSSR count). The third kappa shape index (κ3) is 5.37. The van der Waals surface area contributed by atoms with E-state index in [1.54, 1.807) is 4.57 Å². The van der Waals surface area contributed by atoms with Crippen LogP contribution in [-0.2, 0) is 40.4 Å². The average Bonchev–Trinajstić information content (AvgIpc) is 2.91. The van der Waals surface area contributed by atoms with Gasteiger partial charge in [0.25, 0.3) is 0 Å². The lowest BCUT2D eigenvalue weighted by molar-refractivity contribution is -0.117. The molecule has 3 heterocycles. The minimum Gasteiger partial charge on any atom is -0.376 e. The lowest BCUT2D eigenvalue weighted by Crippen LogP contribution is -2.30. The van der Waals surface area contributed by atoms with Crippen LogP contribution < -0.4 is 11.0 Å². The van der Waals surface area contributed by atoms with Crippen molar-refractivity contribution in [1.29, 1.82) is 0 Å². The van der Waals surface area contributed by atoms with E-state index in [0.717, 1.165) is 56.5 Å². The number of fused-ring (bicyclic) bond motifs is 1. The van der Waals surface area contributed by atoms with Gasteiger partial charge in [-0.3, -0.25) is 9.36 Å². The van der Waals surface area contributed by atoms with E-state index in [-0.39, 0.29) is 24.2 Å². The molecule has 1 amide bonds. The summed E-state index contributed by atoms with van der Waals surface area (Å²) in [4.78, 5) is 25.0. The summed E-state index contributed by atoms with van der Waals surface area (Å²) in [7, 11) is 0. The molecule has 1 unspecified atom stereocenters. The minimum absolute atomic E-state index is 0.0847. The molecule has 30 heavy (non-hydrogen) atoms. The average molecular weight is 415 g/mol. The maximum absolute atomic E-state index is 12.5. The van der Waals surface area contributed by atoms with Gasteiger partial charge in [0.2, 0.25) is 5.91 Å². The first kappa shape index (κ1) is 20.8. The van der Waals surface area contributed by atoms with Crippen molar-refractivity contribution in [2.24, 2.45) is 0 Å². The SMILES string of the molecule is O=C(Cn1nc2n(c1=O)CCCCC2)Nc1cccc(COCC2CCCCO2)c1. The fraction of sp³-hybridized carbons (Fsp3) is 0.591. The van der Waals surface area contributed by atoms with E-state index in [0.29, 0.717) is 25.4 Å². The lowest BCUT2D eigenvalue weighted by atomic mass is 10.1. The zero-order chi connectivity index (χ0) is 20.8. The molecule has 0 saturated carbocycles. The Kier molecular flexibility index (Phi) is 6.96. The first-order chi connectivity index (χ1) is 14.7. The Bertz CT molecular complexity index is 914. The molecule has 2 aliphatic heterocycles. The van der Waals surface area contributed by atoms with E-state index in [2.05, 4.69) is 10.4 Å². The summed E-state index contributed by atoms with van der Waals surface area (Å²) >= 11 is 0. The van der Waals surface area contributed by atoms with Crippen LogP contribution >= 0.6 is 0 Å². The van der Waals surface area contributed by atoms with E-state index in [9.17, 15) is 9.59 Å². The highest BCUT2D eigenvalue weighted by atomic mass is 16.5. The number of nitrogens with one attached hydrogen (secondary N) is 1. The first-order valence-corrected chi connectivity index (χ1v) is 10.9. The summed E-state index contributed by atoms with van der Waals surface area (Å²) in [5, 5.41) is 7.23. The van der Waals surface area contributed by atoms with Crippen molar-refractivity contribution in [1.82, 2.24) is 14.3 Å². The molecule has 8 heteroatoms. The van der Waals surface area contributed by atoms with Crippen LogP contribution in [0.5, 0.6) is 0 Å². The van der Waals surface area contributed by atoms with Gasteiger partial charge in [-0.25, -0.2) is 9.48 Å². The summed E-state index contributed by atoms with van der Waals surface area (Å²) in [6.07, 6.45) is 7.47. The number of nitrogens with zero attached hydrogens (tertiary/aromatic N) is 3. The molecule has 162 valence electrons. The zero-order valence-electron chi connectivity index (χ0n) is 17.3. The van der Waals surface area contributed by atoms with Crippen molar-refractivity contribution < 1.29 is 14.3 Å². The molecule has 0 aliphatic carbocycles. The lowest BCUT2D eigenvalue weighted by Gasteiger charge is -2.22. The van der Waals surface area contributed by atoms with Gasteiger partial charge in [0.05, 0.1) is 19.3 Å². The Morgan fingerprint density at radius 2 is 2.17 bits per heavy atom. The van der Waals surface area contributed by atoms with Gasteiger partial charge in [-0.1, -0.05) is 18.6 Å². The number of amides is 1. The fourth-order valence-electron chi connectivity index (χ4n) is 4.05. The van der Waals surface area contributed by atoms with Crippen LogP contribution in [0, 0.1) is 0 Å². The second-order valence-corrected chi connectivity index (χ2v) is 8.07. The van der Waals surface area contributed by atoms with Crippen LogP contribution in [0.25, 0.3) is 0 Å². The van der Waals surface area contributed by atoms with Gasteiger partial charge in [0.15, 0.2) is 0 Å². The number of anilines is 1. The number of hydrogen-bond donors (Lipinski definition) is 1. The zero-order valence-corrected chi connectivity index (χ0v) is 17.3. The number of ether oxygens (including phenoxy) is 2. The topological polar surface area (TPSA) is 87.4 Å². The molecule has 2 aliphatic rings. The van der Waals surface area contributed by atoms with E-state index in [4.69, 9.17) is 9.47 Å². The Morgan fingerprint density at radius 1 is 1.23 bits per heavy atom. The Labute approximate surface area is 176 Å². The van der Waals surface area contributed by atoms with Crippen LogP contribution in [-0.4, -0.2) is 39.6 Å². The molecule has 1 saturated heterocycles. The van der Waals surface area contributed by atoms with Crippen molar-refractivity contribution in [2.75, 3.05) is 18.5 Å². The van der Waals surface area contributed by atoms with Crippen molar-refractivity contribution >= 4 is 11.6 Å². The Balaban J connectivity index is 1.30. The van der Waals surface area contributed by atoms with Crippen LogP contribution in [0.3, 0.4) is 0 Å². The second-order valence-electron chi connectivity index (χ2n) is 8.07. The number of carbonyl (C=O) groups excluding carboxylic acids is 1. The molecule has 8 nitrogen and oxygen atoms in total. The Morgan fingerprint density at radius 3 is 3.03 bits per heavy atom. The summed E-state index contributed by atoms with van der Waals surface area (Å²) in [6, 6.07) is 7.58. The van der Waals surface area contributed by atoms with Crippen molar-refractivity contribution in [3.05, 3.63) is 46.1 Å². The maximum atomic E-state index is 12.5. The highest BCUT2D eigenvalue weighted by Crippen LogP contribution is 2.15. The van der Waals surface area contributed by atoms with E-state index < -0.39 is 0 Å². The molecule has 0 spiro atoms. The van der Waals surface area contributed by atoms with Gasteiger partial charge >= 0.3 is 5.69 Å². The van der Waals surface area contributed by atoms with Gasteiger partial charge in [-0.05, 0) is 49.8 Å². The molecule has 1 atom stereocenters. The second kappa shape index (κ2) is 10.0. The van der Waals surface area contributed by atoms with Crippen molar-refractivity contribution in [3.63, 3.8) is 0 Å². The normalized spacial score (nSPS) is 19.1. The van der Waals surface area contributed by atoms with Crippen LogP contribution in [0.15, 0.2) is 29.1 Å². The van der Waals surface area contributed by atoms with Crippen molar-refractivity contribution in [3.8, 4) is 0 Å². The standard InChI is InChI=1S/C22H30N4O4/c27-21(14-26-22(28)25-11-4-1-2-10-20(25)24-26)23-18-8-6-7-17(13-18)15-29-16-19-9-3-5-12-30-19/h6-8,13,19H,1-5,9-12,14-16H2,(H,23,27). The highest BCUT2D eigenvalue weighted by Gasteiger charge is 2.17. The van der Waals surface area contributed by atoms with E-state index >= 15 is 0 Å². The van der Waals surface area contributed by atoms with Gasteiger partial charge in [-0.2, -0.15) is 5.10 Å². The third-order valence-corrected chi connectivity index (χ3v) is 5.63. The number of aromatic nitrogens is 3. The number of hydrogen-bond acceptors (Lipinski definition) is 5. The van der Waals surface area contributed by atoms with Gasteiger partial charge in [0, 0.05) is 25.3 Å². The van der Waals surface area contributed by atoms with Crippen LogP contribution in [0.2, 0.25) is 0 Å². The molecular formula is C22H30N4O4. The molecule has 1 fully saturated rings. The monoisotopic (exact) mass is 414 g/mol. The minimum atomic E-state index is -0.265. The summed E-state index contributed by atoms with van der Waals surface area (Å²) in [5.74, 6) is 0.519. The molecule has 2 aromatic rings. The van der Waals surface area contributed by atoms with E-state index in [1.165, 1.54) is 11.1 Å². The van der Waals surface area contributed by atoms with Gasteiger partial charge in [0.1, 0.15) is 12.4 Å². The number of carbonyl (C=O) groups is 1.